The number of benzene rings is 2. The summed E-state index contributed by atoms with van der Waals surface area (Å²) in [6.45, 7) is 2.31. The third kappa shape index (κ3) is 4.88. The van der Waals surface area contributed by atoms with E-state index in [9.17, 15) is 9.59 Å². The molecule has 0 saturated carbocycles. The number of carbonyl (C=O) groups excluding carboxylic acids is 2. The summed E-state index contributed by atoms with van der Waals surface area (Å²) in [6, 6.07) is 14.8. The molecule has 8 heteroatoms. The van der Waals surface area contributed by atoms with Gasteiger partial charge in [-0.1, -0.05) is 29.8 Å². The largest absolute Gasteiger partial charge is 0.494 e. The van der Waals surface area contributed by atoms with Gasteiger partial charge in [0.1, 0.15) is 10.6 Å². The Bertz CT molecular complexity index is 1020. The number of fused-ring (bicyclic) bond motifs is 1. The van der Waals surface area contributed by atoms with Crippen LogP contribution in [0.1, 0.15) is 22.2 Å². The number of hydrogen-bond donors (Lipinski definition) is 2. The Hall–Kier alpha value is -2.90. The van der Waals surface area contributed by atoms with Gasteiger partial charge < -0.3 is 10.1 Å². The normalized spacial score (nSPS) is 10.9. The van der Waals surface area contributed by atoms with E-state index in [4.69, 9.17) is 16.3 Å². The number of hydrazone groups is 1. The van der Waals surface area contributed by atoms with Crippen molar-refractivity contribution in [3.63, 3.8) is 0 Å². The summed E-state index contributed by atoms with van der Waals surface area (Å²) in [5.74, 6) is -0.0593. The Morgan fingerprint density at radius 1 is 1.18 bits per heavy atom. The summed E-state index contributed by atoms with van der Waals surface area (Å²) in [7, 11) is 0. The number of nitrogens with zero attached hydrogens (tertiary/aromatic N) is 1. The predicted molar refractivity (Wildman–Crippen MR) is 113 cm³/mol. The lowest BCUT2D eigenvalue weighted by Gasteiger charge is -2.03. The molecular weight excluding hydrogens is 398 g/mol. The Kier molecular flexibility index (Phi) is 6.62. The molecule has 1 aromatic heterocycles. The van der Waals surface area contributed by atoms with E-state index in [-0.39, 0.29) is 6.54 Å². The number of carbonyl (C=O) groups is 2. The standard InChI is InChI=1S/C20H18ClN3O3S/c1-2-27-14-9-7-13(8-10-14)11-23-24-17(25)12-22-20(26)19-18(21)15-5-3-4-6-16(15)28-19/h3-11H,2,12H2,1H3,(H,22,26)(H,24,25)/b23-11+. The van der Waals surface area contributed by atoms with Crippen LogP contribution in [0.2, 0.25) is 5.02 Å². The maximum absolute atomic E-state index is 12.3. The van der Waals surface area contributed by atoms with Crippen LogP contribution in [0.5, 0.6) is 5.75 Å². The lowest BCUT2D eigenvalue weighted by Crippen LogP contribution is -2.34. The Morgan fingerprint density at radius 3 is 2.64 bits per heavy atom. The molecule has 0 saturated heterocycles. The molecule has 3 aromatic rings. The second-order valence-corrected chi connectivity index (χ2v) is 7.15. The molecule has 0 atom stereocenters. The van der Waals surface area contributed by atoms with Gasteiger partial charge in [-0.25, -0.2) is 5.43 Å². The van der Waals surface area contributed by atoms with Gasteiger partial charge in [0.25, 0.3) is 11.8 Å². The van der Waals surface area contributed by atoms with E-state index in [1.54, 1.807) is 0 Å². The van der Waals surface area contributed by atoms with Gasteiger partial charge in [0, 0.05) is 10.1 Å². The summed E-state index contributed by atoms with van der Waals surface area (Å²) in [6.07, 6.45) is 1.51. The van der Waals surface area contributed by atoms with Gasteiger partial charge in [-0.2, -0.15) is 5.10 Å². The van der Waals surface area contributed by atoms with Crippen molar-refractivity contribution < 1.29 is 14.3 Å². The maximum Gasteiger partial charge on any atom is 0.263 e. The van der Waals surface area contributed by atoms with Gasteiger partial charge in [-0.3, -0.25) is 9.59 Å². The summed E-state index contributed by atoms with van der Waals surface area (Å²) < 4.78 is 6.28. The molecule has 144 valence electrons. The first kappa shape index (κ1) is 19.9. The van der Waals surface area contributed by atoms with Gasteiger partial charge in [0.2, 0.25) is 0 Å². The molecule has 2 N–H and O–H groups in total. The van der Waals surface area contributed by atoms with Crippen LogP contribution in [-0.2, 0) is 4.79 Å². The lowest BCUT2D eigenvalue weighted by molar-refractivity contribution is -0.120. The first-order valence-corrected chi connectivity index (χ1v) is 9.78. The van der Waals surface area contributed by atoms with E-state index in [0.29, 0.717) is 16.5 Å². The van der Waals surface area contributed by atoms with Crippen molar-refractivity contribution >= 4 is 51.1 Å². The van der Waals surface area contributed by atoms with Gasteiger partial charge in [-0.05, 0) is 42.8 Å². The molecule has 0 fully saturated rings. The molecule has 28 heavy (non-hydrogen) atoms. The summed E-state index contributed by atoms with van der Waals surface area (Å²) >= 11 is 7.55. The summed E-state index contributed by atoms with van der Waals surface area (Å²) in [5, 5.41) is 7.65. The second-order valence-electron chi connectivity index (χ2n) is 5.72. The number of amides is 2. The zero-order valence-corrected chi connectivity index (χ0v) is 16.6. The number of hydrogen-bond acceptors (Lipinski definition) is 5. The van der Waals surface area contributed by atoms with Crippen molar-refractivity contribution in [2.75, 3.05) is 13.2 Å². The number of halogens is 1. The monoisotopic (exact) mass is 415 g/mol. The molecule has 2 aromatic carbocycles. The molecule has 1 heterocycles. The van der Waals surface area contributed by atoms with Crippen LogP contribution in [0.25, 0.3) is 10.1 Å². The predicted octanol–water partition coefficient (Wildman–Crippen LogP) is 3.83. The third-order valence-electron chi connectivity index (χ3n) is 3.74. The fourth-order valence-electron chi connectivity index (χ4n) is 2.44. The van der Waals surface area contributed by atoms with Crippen LogP contribution in [0.3, 0.4) is 0 Å². The van der Waals surface area contributed by atoms with Crippen LogP contribution < -0.4 is 15.5 Å². The van der Waals surface area contributed by atoms with Crippen molar-refractivity contribution in [1.29, 1.82) is 0 Å². The molecule has 6 nitrogen and oxygen atoms in total. The molecule has 0 aliphatic heterocycles. The maximum atomic E-state index is 12.3. The highest BCUT2D eigenvalue weighted by Crippen LogP contribution is 2.34. The molecular formula is C20H18ClN3O3S. The fourth-order valence-corrected chi connectivity index (χ4v) is 3.87. The SMILES string of the molecule is CCOc1ccc(/C=N/NC(=O)CNC(=O)c2sc3ccccc3c2Cl)cc1. The molecule has 0 radical (unpaired) electrons. The highest BCUT2D eigenvalue weighted by molar-refractivity contribution is 7.21. The van der Waals surface area contributed by atoms with Crippen LogP contribution >= 0.6 is 22.9 Å². The average molecular weight is 416 g/mol. The first-order valence-electron chi connectivity index (χ1n) is 8.58. The van der Waals surface area contributed by atoms with E-state index in [2.05, 4.69) is 15.8 Å². The highest BCUT2D eigenvalue weighted by atomic mass is 35.5. The Labute approximate surface area is 171 Å². The van der Waals surface area contributed by atoms with Crippen molar-refractivity contribution in [3.8, 4) is 5.75 Å². The topological polar surface area (TPSA) is 79.8 Å². The van der Waals surface area contributed by atoms with Crippen molar-refractivity contribution in [3.05, 3.63) is 64.0 Å². The smallest absolute Gasteiger partial charge is 0.263 e. The number of thiophene rings is 1. The first-order chi connectivity index (χ1) is 13.6. The fraction of sp³-hybridized carbons (Fsp3) is 0.150. The minimum absolute atomic E-state index is 0.204. The molecule has 0 unspecified atom stereocenters. The second kappa shape index (κ2) is 9.34. The molecule has 0 aliphatic carbocycles. The zero-order valence-electron chi connectivity index (χ0n) is 15.1. The number of nitrogens with one attached hydrogen (secondary N) is 2. The van der Waals surface area contributed by atoms with Crippen molar-refractivity contribution in [2.24, 2.45) is 5.10 Å². The van der Waals surface area contributed by atoms with Crippen molar-refractivity contribution in [1.82, 2.24) is 10.7 Å². The minimum Gasteiger partial charge on any atom is -0.494 e. The molecule has 3 rings (SSSR count). The molecule has 0 spiro atoms. The van der Waals surface area contributed by atoms with Crippen molar-refractivity contribution in [2.45, 2.75) is 6.92 Å². The van der Waals surface area contributed by atoms with Gasteiger partial charge >= 0.3 is 0 Å². The lowest BCUT2D eigenvalue weighted by atomic mass is 10.2. The van der Waals surface area contributed by atoms with E-state index in [0.717, 1.165) is 21.4 Å². The molecule has 2 amide bonds. The Balaban J connectivity index is 1.50. The average Bonchev–Trinajstić information content (AvgIpc) is 3.05. The Morgan fingerprint density at radius 2 is 1.93 bits per heavy atom. The van der Waals surface area contributed by atoms with Crippen LogP contribution in [0.4, 0.5) is 0 Å². The van der Waals surface area contributed by atoms with E-state index in [1.165, 1.54) is 17.6 Å². The molecule has 0 bridgehead atoms. The number of ether oxygens (including phenoxy) is 1. The zero-order chi connectivity index (χ0) is 19.9. The summed E-state index contributed by atoms with van der Waals surface area (Å²) in [5.41, 5.74) is 3.18. The van der Waals surface area contributed by atoms with E-state index in [1.807, 2.05) is 55.5 Å². The quantitative estimate of drug-likeness (QED) is 0.454. The number of rotatable bonds is 7. The molecule has 0 aliphatic rings. The summed E-state index contributed by atoms with van der Waals surface area (Å²) in [4.78, 5) is 24.6. The van der Waals surface area contributed by atoms with Crippen LogP contribution in [-0.4, -0.2) is 31.2 Å². The minimum atomic E-state index is -0.437. The highest BCUT2D eigenvalue weighted by Gasteiger charge is 2.17. The van der Waals surface area contributed by atoms with E-state index < -0.39 is 11.8 Å². The van der Waals surface area contributed by atoms with Crippen LogP contribution in [0, 0.1) is 0 Å². The van der Waals surface area contributed by atoms with E-state index >= 15 is 0 Å². The van der Waals surface area contributed by atoms with Gasteiger partial charge in [0.15, 0.2) is 0 Å². The van der Waals surface area contributed by atoms with Gasteiger partial charge in [0.05, 0.1) is 24.4 Å². The van der Waals surface area contributed by atoms with Crippen LogP contribution in [0.15, 0.2) is 53.6 Å². The third-order valence-corrected chi connectivity index (χ3v) is 5.42. The van der Waals surface area contributed by atoms with Gasteiger partial charge in [-0.15, -0.1) is 11.3 Å².